The summed E-state index contributed by atoms with van der Waals surface area (Å²) in [5, 5.41) is 32.0. The van der Waals surface area contributed by atoms with E-state index in [4.69, 9.17) is 9.47 Å². The Morgan fingerprint density at radius 1 is 0.647 bits per heavy atom. The average Bonchev–Trinajstić information content (AvgIpc) is 4.04. The molecule has 6 nitrogen and oxygen atoms in total. The van der Waals surface area contributed by atoms with Crippen LogP contribution < -0.4 is 17.0 Å². The van der Waals surface area contributed by atoms with Gasteiger partial charge in [0.2, 0.25) is 0 Å². The minimum atomic E-state index is -0.523. The van der Waals surface area contributed by atoms with Crippen LogP contribution in [0.1, 0.15) is 237 Å². The van der Waals surface area contributed by atoms with Gasteiger partial charge in [0, 0.05) is 19.6 Å². The van der Waals surface area contributed by atoms with E-state index in [0.717, 1.165) is 142 Å². The fraction of sp³-hybridized carbons (Fsp3) is 0.967. The van der Waals surface area contributed by atoms with Gasteiger partial charge in [-0.1, -0.05) is 56.4 Å². The van der Waals surface area contributed by atoms with Gasteiger partial charge in [0.25, 0.3) is 0 Å². The Morgan fingerprint density at radius 2 is 1.06 bits per heavy atom. The fourth-order valence-electron chi connectivity index (χ4n) is 18.5. The Morgan fingerprint density at radius 3 is 1.43 bits per heavy atom. The van der Waals surface area contributed by atoms with Crippen LogP contribution in [0.4, 0.5) is 0 Å². The van der Waals surface area contributed by atoms with Crippen molar-refractivity contribution in [3.63, 3.8) is 0 Å². The smallest absolute Gasteiger partial charge is 1.00 e. The molecule has 8 saturated carbocycles. The van der Waals surface area contributed by atoms with Crippen molar-refractivity contribution < 1.29 is 46.6 Å². The Bertz CT molecular complexity index is 1480. The van der Waals surface area contributed by atoms with E-state index < -0.39 is 5.60 Å². The Kier molecular flexibility index (Phi) is 25.5. The Hall–Kier alpha value is 0.556. The third kappa shape index (κ3) is 14.1. The second kappa shape index (κ2) is 26.9. The van der Waals surface area contributed by atoms with E-state index in [2.05, 4.69) is 41.5 Å². The van der Waals surface area contributed by atoms with Crippen LogP contribution in [-0.4, -0.2) is 81.5 Å². The number of ether oxygens (including phenoxy) is 2. The summed E-state index contributed by atoms with van der Waals surface area (Å²) in [6.07, 6.45) is 31.7. The molecular weight excluding hydrogens is 921 g/mol. The minimum Gasteiger partial charge on any atom is -1.00 e. The van der Waals surface area contributed by atoms with Crippen LogP contribution in [0.5, 0.6) is 0 Å². The summed E-state index contributed by atoms with van der Waals surface area (Å²) in [6.45, 7) is 20.4. The molecule has 0 amide bonds. The number of esters is 1. The number of hydrogen-bond acceptors (Lipinski definition) is 6. The van der Waals surface area contributed by atoms with Gasteiger partial charge < -0.3 is 49.2 Å². The molecule has 9 rings (SSSR count). The van der Waals surface area contributed by atoms with Crippen molar-refractivity contribution in [1.29, 1.82) is 0 Å². The second-order valence-electron chi connectivity index (χ2n) is 25.7. The van der Waals surface area contributed by atoms with Crippen LogP contribution in [0, 0.1) is 101 Å². The molecular formula is C60H111BrMgO6. The summed E-state index contributed by atoms with van der Waals surface area (Å²) in [4.78, 5) is 11.6. The third-order valence-corrected chi connectivity index (χ3v) is 22.1. The zero-order valence-corrected chi connectivity index (χ0v) is 47.5. The molecule has 1 heterocycles. The van der Waals surface area contributed by atoms with Crippen LogP contribution >= 0.6 is 0 Å². The quantitative estimate of drug-likeness (QED) is 0.115. The molecule has 8 aliphatic carbocycles. The number of fused-ring (bicyclic) bond motifs is 10. The van der Waals surface area contributed by atoms with E-state index in [-0.39, 0.29) is 79.5 Å². The first-order chi connectivity index (χ1) is 29.9. The van der Waals surface area contributed by atoms with Gasteiger partial charge in [-0.05, 0) is 268 Å². The molecule has 0 aromatic carbocycles. The van der Waals surface area contributed by atoms with E-state index in [9.17, 15) is 20.1 Å². The maximum atomic E-state index is 11.6. The van der Waals surface area contributed by atoms with Gasteiger partial charge in [0.15, 0.2) is 0 Å². The summed E-state index contributed by atoms with van der Waals surface area (Å²) < 4.78 is 9.83. The maximum Gasteiger partial charge on any atom is 2.00 e. The van der Waals surface area contributed by atoms with E-state index in [0.29, 0.717) is 23.2 Å². The molecule has 0 aromatic rings. The molecule has 396 valence electrons. The molecule has 9 fully saturated rings. The van der Waals surface area contributed by atoms with Gasteiger partial charge in [-0.3, -0.25) is 4.79 Å². The Balaban J connectivity index is 0.000000396. The minimum absolute atomic E-state index is 0. The van der Waals surface area contributed by atoms with Crippen molar-refractivity contribution >= 4 is 29.0 Å². The fourth-order valence-corrected chi connectivity index (χ4v) is 18.5. The summed E-state index contributed by atoms with van der Waals surface area (Å²) in [7, 11) is 1.50. The monoisotopic (exact) mass is 1030 g/mol. The molecule has 0 radical (unpaired) electrons. The molecule has 0 unspecified atom stereocenters. The molecule has 0 aromatic heterocycles. The van der Waals surface area contributed by atoms with Gasteiger partial charge in [-0.15, -0.1) is 0 Å². The summed E-state index contributed by atoms with van der Waals surface area (Å²) >= 11 is 0. The predicted molar refractivity (Wildman–Crippen MR) is 282 cm³/mol. The summed E-state index contributed by atoms with van der Waals surface area (Å²) in [5.41, 5.74) is -0.241. The first kappa shape index (κ1) is 64.7. The van der Waals surface area contributed by atoms with Crippen molar-refractivity contribution in [3.05, 3.63) is 7.43 Å². The first-order valence-corrected chi connectivity index (χ1v) is 27.7. The van der Waals surface area contributed by atoms with Gasteiger partial charge in [-0.2, -0.15) is 0 Å². The summed E-state index contributed by atoms with van der Waals surface area (Å²) in [5.74, 6) is 11.8. The van der Waals surface area contributed by atoms with Crippen molar-refractivity contribution in [1.82, 2.24) is 0 Å². The molecule has 9 aliphatic rings. The second-order valence-corrected chi connectivity index (χ2v) is 25.7. The average molecular weight is 1030 g/mol. The molecule has 3 N–H and O–H groups in total. The van der Waals surface area contributed by atoms with Crippen molar-refractivity contribution in [2.45, 2.75) is 254 Å². The van der Waals surface area contributed by atoms with Crippen LogP contribution in [0.25, 0.3) is 0 Å². The largest absolute Gasteiger partial charge is 2.00 e. The Labute approximate surface area is 448 Å². The van der Waals surface area contributed by atoms with Crippen LogP contribution in [0.15, 0.2) is 0 Å². The van der Waals surface area contributed by atoms with Gasteiger partial charge in [0.1, 0.15) is 0 Å². The van der Waals surface area contributed by atoms with E-state index >= 15 is 0 Å². The standard InChI is InChI=1S/C27H48O2.C26H44O3.C4H8O.2CH4.CH3.BrH.Mg/c1-6-27(29)16-13-20-19(17-27)7-8-22-21(20)12-15-26(5)23(9-10-24(22)26)18(2)11-14-25(3,4)28;1-5-26(28)15-13-19-18(16-26)7-8-21-20(19)12-14-25(3)22(9-10-23(21)25)17(2)6-11-24(27)29-4;1-2-4-5-3-1;;;;;/h18-24,28-29H,6-17H2,1-5H3;17-23,28H,5-16H2,1-4H3;1-4H2;2*1H4;1H3;1H;/q;;;;;-1;;+2/p-1/t18-,19+,20+,21-,22-,23-,24+,26-,27+;17-,18+,19+,20-,21-,22-,23+,25-,26+;;;;;;/m11....../s1. The van der Waals surface area contributed by atoms with E-state index in [1.54, 1.807) is 0 Å². The molecule has 1 aliphatic heterocycles. The molecule has 1 saturated heterocycles. The number of methoxy groups -OCH3 is 1. The number of halogens is 1. The van der Waals surface area contributed by atoms with Gasteiger partial charge in [-0.25, -0.2) is 0 Å². The zero-order valence-electron chi connectivity index (χ0n) is 44.5. The molecule has 0 bridgehead atoms. The maximum absolute atomic E-state index is 11.6. The number of aliphatic hydroxyl groups is 3. The normalized spacial score (nSPS) is 42.8. The molecule has 0 spiro atoms. The molecule has 18 atom stereocenters. The van der Waals surface area contributed by atoms with Crippen molar-refractivity contribution in [2.24, 2.45) is 93.7 Å². The van der Waals surface area contributed by atoms with Crippen molar-refractivity contribution in [3.8, 4) is 0 Å². The van der Waals surface area contributed by atoms with E-state index in [1.165, 1.54) is 116 Å². The van der Waals surface area contributed by atoms with Crippen LogP contribution in [0.3, 0.4) is 0 Å². The van der Waals surface area contributed by atoms with Crippen LogP contribution in [-0.2, 0) is 14.3 Å². The molecule has 68 heavy (non-hydrogen) atoms. The first-order valence-electron chi connectivity index (χ1n) is 27.7. The number of carbonyl (C=O) groups is 1. The predicted octanol–water partition coefficient (Wildman–Crippen LogP) is 11.7. The van der Waals surface area contributed by atoms with Gasteiger partial charge in [0.05, 0.1) is 23.9 Å². The number of hydrogen-bond donors (Lipinski definition) is 3. The van der Waals surface area contributed by atoms with Crippen molar-refractivity contribution in [2.75, 3.05) is 20.3 Å². The topological polar surface area (TPSA) is 96.2 Å². The zero-order chi connectivity index (χ0) is 45.4. The number of rotatable bonds is 10. The third-order valence-electron chi connectivity index (χ3n) is 22.1. The van der Waals surface area contributed by atoms with Crippen LogP contribution in [0.2, 0.25) is 0 Å². The van der Waals surface area contributed by atoms with E-state index in [1.807, 2.05) is 13.8 Å². The van der Waals surface area contributed by atoms with Gasteiger partial charge >= 0.3 is 29.0 Å². The molecule has 8 heteroatoms. The SMILES string of the molecule is C.C.C1CCOC1.CC[C@]1(O)CC[C@H]2[C@@H](CC[C@@H]3[C@@H]2CC[C@]2(C)[C@@H]([C@H](C)CCC(=O)OC)CC[C@@H]32)C1.CC[C@]1(O)CC[C@H]2[C@@H](CC[C@@H]3[C@@H]2CC[C@]2(C)[C@@H]([C@H](C)CCC(C)(C)O)CC[C@@H]32)C1.[Br-].[CH3-].[Mg+2]. The number of carbonyl (C=O) groups excluding carboxylic acids is 1. The summed E-state index contributed by atoms with van der Waals surface area (Å²) in [6, 6.07) is 0.